The molecule has 0 saturated carbocycles. The van der Waals surface area contributed by atoms with E-state index in [0.717, 1.165) is 0 Å². The van der Waals surface area contributed by atoms with Gasteiger partial charge in [-0.15, -0.1) is 0 Å². The maximum Gasteiger partial charge on any atom is 0.303 e. The maximum absolute atomic E-state index is 11.5. The lowest BCUT2D eigenvalue weighted by atomic mass is 9.89. The van der Waals surface area contributed by atoms with E-state index in [9.17, 15) is 14.7 Å². The van der Waals surface area contributed by atoms with Crippen LogP contribution in [0.15, 0.2) is 0 Å². The van der Waals surface area contributed by atoms with Gasteiger partial charge in [-0.25, -0.2) is 0 Å². The van der Waals surface area contributed by atoms with Gasteiger partial charge in [-0.3, -0.25) is 9.59 Å². The summed E-state index contributed by atoms with van der Waals surface area (Å²) in [6, 6.07) is -0.845. The minimum atomic E-state index is -0.981. The first-order valence-electron chi connectivity index (χ1n) is 6.05. The van der Waals surface area contributed by atoms with E-state index >= 15 is 0 Å². The van der Waals surface area contributed by atoms with Gasteiger partial charge in [0.15, 0.2) is 0 Å². The van der Waals surface area contributed by atoms with Gasteiger partial charge in [0.05, 0.1) is 12.1 Å². The second-order valence-electron chi connectivity index (χ2n) is 5.70. The van der Waals surface area contributed by atoms with Gasteiger partial charge in [-0.1, -0.05) is 20.8 Å². The Bertz CT molecular complexity index is 286. The molecular weight excluding hydrogens is 236 g/mol. The summed E-state index contributed by atoms with van der Waals surface area (Å²) < 4.78 is 0. The molecule has 0 aromatic rings. The number of nitrogens with one attached hydrogen (secondary N) is 1. The zero-order chi connectivity index (χ0) is 14.3. The first-order chi connectivity index (χ1) is 8.11. The number of amides is 1. The van der Waals surface area contributed by atoms with Crippen molar-refractivity contribution < 1.29 is 19.8 Å². The van der Waals surface area contributed by atoms with Gasteiger partial charge < -0.3 is 21.3 Å². The predicted octanol–water partition coefficient (Wildman–Crippen LogP) is 0.0918. The topological polar surface area (TPSA) is 113 Å². The molecule has 0 rings (SSSR count). The fourth-order valence-corrected chi connectivity index (χ4v) is 1.54. The maximum atomic E-state index is 11.5. The number of aliphatic hydroxyl groups is 1. The van der Waals surface area contributed by atoms with Crippen LogP contribution in [-0.4, -0.2) is 40.8 Å². The molecule has 0 radical (unpaired) electrons. The van der Waals surface area contributed by atoms with Gasteiger partial charge >= 0.3 is 5.97 Å². The summed E-state index contributed by atoms with van der Waals surface area (Å²) in [6.07, 6.45) is -0.103. The van der Waals surface area contributed by atoms with Crippen LogP contribution in [0.25, 0.3) is 0 Å². The molecule has 0 saturated heterocycles. The van der Waals surface area contributed by atoms with Crippen molar-refractivity contribution in [1.29, 1.82) is 0 Å². The molecule has 5 N–H and O–H groups in total. The molecular formula is C12H24N2O4. The first-order valence-corrected chi connectivity index (χ1v) is 6.05. The molecule has 2 atom stereocenters. The fourth-order valence-electron chi connectivity index (χ4n) is 1.54. The molecule has 0 spiro atoms. The predicted molar refractivity (Wildman–Crippen MR) is 67.9 cm³/mol. The highest BCUT2D eigenvalue weighted by atomic mass is 16.4. The minimum absolute atomic E-state index is 0.0183. The molecule has 18 heavy (non-hydrogen) atoms. The van der Waals surface area contributed by atoms with Gasteiger partial charge in [0.25, 0.3) is 0 Å². The van der Waals surface area contributed by atoms with E-state index < -0.39 is 24.0 Å². The number of nitrogens with two attached hydrogens (primary N) is 1. The van der Waals surface area contributed by atoms with Crippen molar-refractivity contribution in [3.63, 3.8) is 0 Å². The summed E-state index contributed by atoms with van der Waals surface area (Å²) in [4.78, 5) is 21.8. The monoisotopic (exact) mass is 260 g/mol. The highest BCUT2D eigenvalue weighted by molar-refractivity contribution is 5.82. The lowest BCUT2D eigenvalue weighted by Crippen LogP contribution is -2.44. The van der Waals surface area contributed by atoms with Gasteiger partial charge in [0, 0.05) is 13.0 Å². The molecule has 0 aliphatic heterocycles. The highest BCUT2D eigenvalue weighted by Crippen LogP contribution is 2.20. The van der Waals surface area contributed by atoms with Crippen LogP contribution in [0.5, 0.6) is 0 Å². The van der Waals surface area contributed by atoms with E-state index in [1.165, 1.54) is 0 Å². The van der Waals surface area contributed by atoms with Crippen LogP contribution in [0.1, 0.15) is 40.0 Å². The van der Waals surface area contributed by atoms with Crippen LogP contribution in [0.2, 0.25) is 0 Å². The van der Waals surface area contributed by atoms with E-state index in [1.54, 1.807) is 0 Å². The lowest BCUT2D eigenvalue weighted by molar-refractivity contribution is -0.137. The standard InChI is InChI=1S/C12H24N2O4/c1-12(2,3)6-8(15)7-14-11(18)9(13)4-5-10(16)17/h8-9,15H,4-7,13H2,1-3H3,(H,14,18)(H,16,17). The number of hydrogen-bond acceptors (Lipinski definition) is 4. The Morgan fingerprint density at radius 3 is 2.33 bits per heavy atom. The third-order valence-electron chi connectivity index (χ3n) is 2.37. The summed E-state index contributed by atoms with van der Waals surface area (Å²) in [5.74, 6) is -1.41. The second kappa shape index (κ2) is 7.33. The highest BCUT2D eigenvalue weighted by Gasteiger charge is 2.19. The molecule has 2 unspecified atom stereocenters. The van der Waals surface area contributed by atoms with Crippen LogP contribution < -0.4 is 11.1 Å². The summed E-state index contributed by atoms with van der Waals surface area (Å²) in [5, 5.41) is 20.7. The van der Waals surface area contributed by atoms with E-state index in [-0.39, 0.29) is 24.8 Å². The Balaban J connectivity index is 3.91. The number of hydrogen-bond donors (Lipinski definition) is 4. The molecule has 0 aliphatic rings. The number of carbonyl (C=O) groups is 2. The number of carboxylic acids is 1. The summed E-state index contributed by atoms with van der Waals surface area (Å²) in [6.45, 7) is 6.13. The van der Waals surface area contributed by atoms with E-state index in [2.05, 4.69) is 5.32 Å². The van der Waals surface area contributed by atoms with Crippen molar-refractivity contribution in [2.75, 3.05) is 6.54 Å². The normalized spacial score (nSPS) is 14.9. The average Bonchev–Trinajstić information content (AvgIpc) is 2.19. The van der Waals surface area contributed by atoms with Crippen LogP contribution >= 0.6 is 0 Å². The Kier molecular flexibility index (Phi) is 6.86. The summed E-state index contributed by atoms with van der Waals surface area (Å²) in [5.41, 5.74) is 5.50. The Hall–Kier alpha value is -1.14. The number of carboxylic acid groups (broad SMARTS) is 1. The molecule has 6 heteroatoms. The second-order valence-corrected chi connectivity index (χ2v) is 5.70. The van der Waals surface area contributed by atoms with Crippen LogP contribution in [-0.2, 0) is 9.59 Å². The van der Waals surface area contributed by atoms with Gasteiger partial charge in [0.2, 0.25) is 5.91 Å². The lowest BCUT2D eigenvalue weighted by Gasteiger charge is -2.23. The van der Waals surface area contributed by atoms with Crippen LogP contribution in [0.4, 0.5) is 0 Å². The van der Waals surface area contributed by atoms with Crippen molar-refractivity contribution in [2.24, 2.45) is 11.1 Å². The molecule has 0 aromatic carbocycles. The minimum Gasteiger partial charge on any atom is -0.481 e. The quantitative estimate of drug-likeness (QED) is 0.518. The van der Waals surface area contributed by atoms with Crippen molar-refractivity contribution in [1.82, 2.24) is 5.32 Å². The van der Waals surface area contributed by atoms with Crippen molar-refractivity contribution >= 4 is 11.9 Å². The van der Waals surface area contributed by atoms with E-state index in [1.807, 2.05) is 20.8 Å². The summed E-state index contributed by atoms with van der Waals surface area (Å²) in [7, 11) is 0. The Morgan fingerprint density at radius 1 is 1.33 bits per heavy atom. The number of carbonyl (C=O) groups excluding carboxylic acids is 1. The molecule has 0 heterocycles. The molecule has 0 aromatic heterocycles. The van der Waals surface area contributed by atoms with Crippen molar-refractivity contribution in [3.05, 3.63) is 0 Å². The zero-order valence-electron chi connectivity index (χ0n) is 11.3. The van der Waals surface area contributed by atoms with Gasteiger partial charge in [0.1, 0.15) is 0 Å². The van der Waals surface area contributed by atoms with Crippen LogP contribution in [0.3, 0.4) is 0 Å². The molecule has 106 valence electrons. The number of aliphatic hydroxyl groups excluding tert-OH is 1. The smallest absolute Gasteiger partial charge is 0.303 e. The van der Waals surface area contributed by atoms with Crippen LogP contribution in [0, 0.1) is 5.41 Å². The van der Waals surface area contributed by atoms with Crippen molar-refractivity contribution in [2.45, 2.75) is 52.2 Å². The average molecular weight is 260 g/mol. The third kappa shape index (κ3) is 8.95. The zero-order valence-corrected chi connectivity index (χ0v) is 11.3. The van der Waals surface area contributed by atoms with E-state index in [4.69, 9.17) is 10.8 Å². The Morgan fingerprint density at radius 2 is 1.89 bits per heavy atom. The molecule has 0 fully saturated rings. The third-order valence-corrected chi connectivity index (χ3v) is 2.37. The van der Waals surface area contributed by atoms with Gasteiger partial charge in [-0.2, -0.15) is 0 Å². The Labute approximate surface area is 108 Å². The molecule has 0 aliphatic carbocycles. The van der Waals surface area contributed by atoms with E-state index in [0.29, 0.717) is 6.42 Å². The fraction of sp³-hybridized carbons (Fsp3) is 0.833. The number of aliphatic carboxylic acids is 1. The molecule has 6 nitrogen and oxygen atoms in total. The largest absolute Gasteiger partial charge is 0.481 e. The summed E-state index contributed by atoms with van der Waals surface area (Å²) >= 11 is 0. The SMILES string of the molecule is CC(C)(C)CC(O)CNC(=O)C(N)CCC(=O)O. The molecule has 0 bridgehead atoms. The molecule has 1 amide bonds. The number of rotatable bonds is 7. The first kappa shape index (κ1) is 16.9. The van der Waals surface area contributed by atoms with Crippen molar-refractivity contribution in [3.8, 4) is 0 Å². The van der Waals surface area contributed by atoms with Gasteiger partial charge in [-0.05, 0) is 18.3 Å².